The first kappa shape index (κ1) is 19.6. The molecule has 0 aromatic heterocycles. The summed E-state index contributed by atoms with van der Waals surface area (Å²) in [5.41, 5.74) is 2.29. The average molecular weight is 399 g/mol. The highest BCUT2D eigenvalue weighted by molar-refractivity contribution is 6.53. The molecule has 2 amide bonds. The summed E-state index contributed by atoms with van der Waals surface area (Å²) in [5.74, 6) is -1.53. The molecular weight excluding hydrogens is 380 g/mol. The van der Waals surface area contributed by atoms with E-state index in [9.17, 15) is 14.4 Å². The minimum Gasteiger partial charge on any atom is -0.462 e. The Balaban J connectivity index is 1.78. The quantitative estimate of drug-likeness (QED) is 0.588. The standard InChI is InChI=1S/C21H19ClN2O4/c1-3-11-28-21(27)14-7-9-15(10-8-14)23-18-17(22)19(25)24(20(18)26)16-6-4-5-13(2)12-16/h4-10,12,23H,3,11H2,1-2H3. The SMILES string of the molecule is CCCOC(=O)c1ccc(NC2=C(Cl)C(=O)N(c3cccc(C)c3)C2=O)cc1. The lowest BCUT2D eigenvalue weighted by Gasteiger charge is -2.15. The van der Waals surface area contributed by atoms with Gasteiger partial charge in [-0.05, 0) is 55.3 Å². The zero-order valence-electron chi connectivity index (χ0n) is 15.5. The van der Waals surface area contributed by atoms with Gasteiger partial charge in [-0.3, -0.25) is 9.59 Å². The summed E-state index contributed by atoms with van der Waals surface area (Å²) in [6.45, 7) is 4.14. The Labute approximate surface area is 167 Å². The van der Waals surface area contributed by atoms with Gasteiger partial charge in [0, 0.05) is 5.69 Å². The second-order valence-electron chi connectivity index (χ2n) is 6.31. The van der Waals surface area contributed by atoms with Gasteiger partial charge < -0.3 is 10.1 Å². The van der Waals surface area contributed by atoms with Gasteiger partial charge in [0.1, 0.15) is 10.7 Å². The fourth-order valence-electron chi connectivity index (χ4n) is 2.72. The fraction of sp³-hybridized carbons (Fsp3) is 0.190. The number of imide groups is 1. The summed E-state index contributed by atoms with van der Waals surface area (Å²) in [7, 11) is 0. The largest absolute Gasteiger partial charge is 0.462 e. The molecule has 3 rings (SSSR count). The topological polar surface area (TPSA) is 75.7 Å². The Morgan fingerprint density at radius 2 is 1.82 bits per heavy atom. The Morgan fingerprint density at radius 1 is 1.11 bits per heavy atom. The van der Waals surface area contributed by atoms with Crippen LogP contribution in [0.2, 0.25) is 0 Å². The highest BCUT2D eigenvalue weighted by atomic mass is 35.5. The first-order chi connectivity index (χ1) is 13.4. The van der Waals surface area contributed by atoms with Gasteiger partial charge >= 0.3 is 5.97 Å². The van der Waals surface area contributed by atoms with Crippen molar-refractivity contribution in [3.05, 3.63) is 70.4 Å². The van der Waals surface area contributed by atoms with E-state index in [4.69, 9.17) is 16.3 Å². The van der Waals surface area contributed by atoms with Gasteiger partial charge in [-0.15, -0.1) is 0 Å². The number of carbonyl (C=O) groups excluding carboxylic acids is 3. The number of esters is 1. The van der Waals surface area contributed by atoms with Crippen LogP contribution in [0.5, 0.6) is 0 Å². The van der Waals surface area contributed by atoms with Crippen LogP contribution in [0, 0.1) is 6.92 Å². The van der Waals surface area contributed by atoms with E-state index >= 15 is 0 Å². The molecule has 0 fully saturated rings. The number of carbonyl (C=O) groups is 3. The summed E-state index contributed by atoms with van der Waals surface area (Å²) < 4.78 is 5.08. The van der Waals surface area contributed by atoms with Crippen LogP contribution < -0.4 is 10.2 Å². The van der Waals surface area contributed by atoms with Gasteiger partial charge in [-0.1, -0.05) is 30.7 Å². The monoisotopic (exact) mass is 398 g/mol. The van der Waals surface area contributed by atoms with E-state index < -0.39 is 17.8 Å². The molecule has 1 heterocycles. The van der Waals surface area contributed by atoms with Crippen molar-refractivity contribution in [2.75, 3.05) is 16.8 Å². The fourth-order valence-corrected chi connectivity index (χ4v) is 2.94. The highest BCUT2D eigenvalue weighted by Crippen LogP contribution is 2.30. The molecule has 2 aromatic carbocycles. The highest BCUT2D eigenvalue weighted by Gasteiger charge is 2.38. The third-order valence-electron chi connectivity index (χ3n) is 4.11. The van der Waals surface area contributed by atoms with Crippen LogP contribution in [0.15, 0.2) is 59.3 Å². The van der Waals surface area contributed by atoms with Crippen molar-refractivity contribution in [3.63, 3.8) is 0 Å². The van der Waals surface area contributed by atoms with E-state index in [2.05, 4.69) is 5.32 Å². The normalized spacial score (nSPS) is 13.9. The Hall–Kier alpha value is -3.12. The molecule has 0 bridgehead atoms. The molecule has 0 unspecified atom stereocenters. The molecule has 0 saturated carbocycles. The maximum Gasteiger partial charge on any atom is 0.338 e. The first-order valence-corrected chi connectivity index (χ1v) is 9.19. The van der Waals surface area contributed by atoms with Crippen LogP contribution in [0.25, 0.3) is 0 Å². The number of anilines is 2. The number of nitrogens with zero attached hydrogens (tertiary/aromatic N) is 1. The molecule has 0 saturated heterocycles. The van der Waals surface area contributed by atoms with E-state index in [0.29, 0.717) is 23.5 Å². The Bertz CT molecular complexity index is 967. The lowest BCUT2D eigenvalue weighted by Crippen LogP contribution is -2.32. The molecule has 144 valence electrons. The molecule has 1 N–H and O–H groups in total. The van der Waals surface area contributed by atoms with E-state index in [1.807, 2.05) is 19.9 Å². The minimum absolute atomic E-state index is 0.00511. The molecule has 0 spiro atoms. The van der Waals surface area contributed by atoms with E-state index in [1.54, 1.807) is 42.5 Å². The van der Waals surface area contributed by atoms with Crippen LogP contribution in [0.4, 0.5) is 11.4 Å². The van der Waals surface area contributed by atoms with Gasteiger partial charge in [0.25, 0.3) is 11.8 Å². The Kier molecular flexibility index (Phi) is 5.80. The third-order valence-corrected chi connectivity index (χ3v) is 4.47. The number of aryl methyl sites for hydroxylation is 1. The molecule has 2 aromatic rings. The second-order valence-corrected chi connectivity index (χ2v) is 6.69. The zero-order valence-corrected chi connectivity index (χ0v) is 16.2. The summed E-state index contributed by atoms with van der Waals surface area (Å²) in [6.07, 6.45) is 0.742. The summed E-state index contributed by atoms with van der Waals surface area (Å²) >= 11 is 6.13. The third kappa shape index (κ3) is 3.92. The Morgan fingerprint density at radius 3 is 2.46 bits per heavy atom. The van der Waals surface area contributed by atoms with E-state index in [0.717, 1.165) is 16.9 Å². The maximum absolute atomic E-state index is 12.8. The lowest BCUT2D eigenvalue weighted by molar-refractivity contribution is -0.120. The molecule has 28 heavy (non-hydrogen) atoms. The number of halogens is 1. The van der Waals surface area contributed by atoms with Gasteiger partial charge in [0.15, 0.2) is 0 Å². The van der Waals surface area contributed by atoms with Gasteiger partial charge in [-0.2, -0.15) is 0 Å². The summed E-state index contributed by atoms with van der Waals surface area (Å²) in [6, 6.07) is 13.4. The van der Waals surface area contributed by atoms with Crippen molar-refractivity contribution in [3.8, 4) is 0 Å². The van der Waals surface area contributed by atoms with Crippen LogP contribution >= 0.6 is 11.6 Å². The predicted octanol–water partition coefficient (Wildman–Crippen LogP) is 4.00. The molecule has 0 atom stereocenters. The lowest BCUT2D eigenvalue weighted by atomic mass is 10.2. The van der Waals surface area contributed by atoms with Crippen molar-refractivity contribution in [2.24, 2.45) is 0 Å². The molecule has 7 heteroatoms. The van der Waals surface area contributed by atoms with Crippen molar-refractivity contribution in [1.29, 1.82) is 0 Å². The molecule has 1 aliphatic rings. The number of nitrogens with one attached hydrogen (secondary N) is 1. The number of hydrogen-bond donors (Lipinski definition) is 1. The van der Waals surface area contributed by atoms with E-state index in [1.165, 1.54) is 0 Å². The number of hydrogen-bond acceptors (Lipinski definition) is 5. The predicted molar refractivity (Wildman–Crippen MR) is 107 cm³/mol. The van der Waals surface area contributed by atoms with Crippen LogP contribution in [0.3, 0.4) is 0 Å². The molecule has 6 nitrogen and oxygen atoms in total. The first-order valence-electron chi connectivity index (χ1n) is 8.81. The maximum atomic E-state index is 12.8. The number of benzene rings is 2. The van der Waals surface area contributed by atoms with Crippen LogP contribution in [-0.2, 0) is 14.3 Å². The van der Waals surface area contributed by atoms with Gasteiger partial charge in [0.05, 0.1) is 17.9 Å². The molecule has 0 radical (unpaired) electrons. The van der Waals surface area contributed by atoms with Crippen molar-refractivity contribution in [2.45, 2.75) is 20.3 Å². The molecule has 1 aliphatic heterocycles. The van der Waals surface area contributed by atoms with Gasteiger partial charge in [0.2, 0.25) is 0 Å². The number of ether oxygens (including phenoxy) is 1. The van der Waals surface area contributed by atoms with Crippen molar-refractivity contribution < 1.29 is 19.1 Å². The molecule has 0 aliphatic carbocycles. The van der Waals surface area contributed by atoms with E-state index in [-0.39, 0.29) is 10.7 Å². The summed E-state index contributed by atoms with van der Waals surface area (Å²) in [5, 5.41) is 2.70. The van der Waals surface area contributed by atoms with Crippen LogP contribution in [0.1, 0.15) is 29.3 Å². The number of amides is 2. The minimum atomic E-state index is -0.584. The van der Waals surface area contributed by atoms with Crippen molar-refractivity contribution in [1.82, 2.24) is 0 Å². The average Bonchev–Trinajstić information content (AvgIpc) is 2.90. The zero-order chi connectivity index (χ0) is 20.3. The summed E-state index contributed by atoms with van der Waals surface area (Å²) in [4.78, 5) is 38.1. The van der Waals surface area contributed by atoms with Crippen LogP contribution in [-0.4, -0.2) is 24.4 Å². The number of rotatable bonds is 6. The van der Waals surface area contributed by atoms with Crippen molar-refractivity contribution >= 4 is 40.8 Å². The second kappa shape index (κ2) is 8.27. The molecular formula is C21H19ClN2O4. The smallest absolute Gasteiger partial charge is 0.338 e. The van der Waals surface area contributed by atoms with Gasteiger partial charge in [-0.25, -0.2) is 9.69 Å².